The summed E-state index contributed by atoms with van der Waals surface area (Å²) in [5.74, 6) is -1.90. The van der Waals surface area contributed by atoms with Crippen LogP contribution in [0.2, 0.25) is 0 Å². The Morgan fingerprint density at radius 1 is 1.64 bits per heavy atom. The lowest BCUT2D eigenvalue weighted by atomic mass is 10.3. The summed E-state index contributed by atoms with van der Waals surface area (Å²) in [6, 6.07) is 0.861. The number of rotatable bonds is 3. The van der Waals surface area contributed by atoms with Crippen molar-refractivity contribution in [3.05, 3.63) is 23.8 Å². The molecule has 1 N–H and O–H groups in total. The summed E-state index contributed by atoms with van der Waals surface area (Å²) in [6.45, 7) is 0. The third kappa shape index (κ3) is 1.81. The van der Waals surface area contributed by atoms with Gasteiger partial charge in [0.15, 0.2) is 17.3 Å². The minimum atomic E-state index is -1.25. The van der Waals surface area contributed by atoms with E-state index in [1.165, 1.54) is 0 Å². The maximum absolute atomic E-state index is 13.2. The van der Waals surface area contributed by atoms with Gasteiger partial charge < -0.3 is 9.84 Å². The maximum Gasteiger partial charge on any atom is 0.354 e. The molecule has 0 atom stereocenters. The Balaban J connectivity index is 2.21. The number of hydrogen-bond acceptors (Lipinski definition) is 3. The molecule has 0 saturated heterocycles. The number of aromatic carboxylic acids is 1. The number of carboxylic acid groups (broad SMARTS) is 1. The van der Waals surface area contributed by atoms with E-state index < -0.39 is 11.8 Å². The fourth-order valence-electron chi connectivity index (χ4n) is 0.987. The van der Waals surface area contributed by atoms with Gasteiger partial charge in [-0.15, -0.1) is 0 Å². The molecule has 1 fully saturated rings. The van der Waals surface area contributed by atoms with Crippen molar-refractivity contribution in [2.24, 2.45) is 0 Å². The summed E-state index contributed by atoms with van der Waals surface area (Å²) in [5, 5.41) is 8.52. The summed E-state index contributed by atoms with van der Waals surface area (Å²) in [6.07, 6.45) is 3.01. The number of halogens is 1. The van der Waals surface area contributed by atoms with Crippen molar-refractivity contribution in [3.63, 3.8) is 0 Å². The zero-order chi connectivity index (χ0) is 10.1. The van der Waals surface area contributed by atoms with Crippen LogP contribution < -0.4 is 4.74 Å². The number of carboxylic acids is 1. The van der Waals surface area contributed by atoms with E-state index in [2.05, 4.69) is 4.98 Å². The molecule has 4 nitrogen and oxygen atoms in total. The molecule has 0 radical (unpaired) electrons. The monoisotopic (exact) mass is 197 g/mol. The predicted octanol–water partition coefficient (Wildman–Crippen LogP) is 1.46. The maximum atomic E-state index is 13.2. The molecular weight excluding hydrogens is 189 g/mol. The Bertz CT molecular complexity index is 376. The second kappa shape index (κ2) is 3.25. The standard InChI is InChI=1S/C9H8FNO3/c10-6-3-7(9(12)13)11-4-8(6)14-5-1-2-5/h3-5H,1-2H2,(H,12,13). The van der Waals surface area contributed by atoms with E-state index >= 15 is 0 Å². The zero-order valence-corrected chi connectivity index (χ0v) is 7.24. The highest BCUT2D eigenvalue weighted by Crippen LogP contribution is 2.28. The van der Waals surface area contributed by atoms with Crippen molar-refractivity contribution in [2.45, 2.75) is 18.9 Å². The van der Waals surface area contributed by atoms with Crippen molar-refractivity contribution in [3.8, 4) is 5.75 Å². The average molecular weight is 197 g/mol. The van der Waals surface area contributed by atoms with Gasteiger partial charge in [0.25, 0.3) is 0 Å². The summed E-state index contributed by atoms with van der Waals surface area (Å²) in [5.41, 5.74) is -0.314. The van der Waals surface area contributed by atoms with Crippen LogP contribution in [0.3, 0.4) is 0 Å². The number of aromatic nitrogens is 1. The van der Waals surface area contributed by atoms with E-state index in [1.54, 1.807) is 0 Å². The lowest BCUT2D eigenvalue weighted by Crippen LogP contribution is -2.04. The average Bonchev–Trinajstić information content (AvgIpc) is 2.92. The van der Waals surface area contributed by atoms with Gasteiger partial charge in [-0.2, -0.15) is 0 Å². The molecule has 1 aliphatic rings. The van der Waals surface area contributed by atoms with Crippen LogP contribution in [-0.4, -0.2) is 22.2 Å². The van der Waals surface area contributed by atoms with Gasteiger partial charge in [0.05, 0.1) is 12.3 Å². The zero-order valence-electron chi connectivity index (χ0n) is 7.24. The highest BCUT2D eigenvalue weighted by molar-refractivity contribution is 5.85. The normalized spacial score (nSPS) is 15.2. The topological polar surface area (TPSA) is 59.4 Å². The first kappa shape index (κ1) is 8.93. The van der Waals surface area contributed by atoms with E-state index in [1.807, 2.05) is 0 Å². The van der Waals surface area contributed by atoms with Gasteiger partial charge in [-0.25, -0.2) is 14.2 Å². The minimum Gasteiger partial charge on any atom is -0.486 e. The smallest absolute Gasteiger partial charge is 0.354 e. The summed E-state index contributed by atoms with van der Waals surface area (Å²) in [4.78, 5) is 14.0. The molecule has 5 heteroatoms. The molecule has 1 aromatic heterocycles. The summed E-state index contributed by atoms with van der Waals surface area (Å²) in [7, 11) is 0. The van der Waals surface area contributed by atoms with E-state index in [-0.39, 0.29) is 17.5 Å². The number of hydrogen-bond donors (Lipinski definition) is 1. The largest absolute Gasteiger partial charge is 0.486 e. The quantitative estimate of drug-likeness (QED) is 0.796. The second-order valence-electron chi connectivity index (χ2n) is 3.12. The predicted molar refractivity (Wildman–Crippen MR) is 44.8 cm³/mol. The first-order valence-corrected chi connectivity index (χ1v) is 4.22. The highest BCUT2D eigenvalue weighted by Gasteiger charge is 2.25. The fraction of sp³-hybridized carbons (Fsp3) is 0.333. The molecule has 1 saturated carbocycles. The van der Waals surface area contributed by atoms with Crippen LogP contribution in [0.1, 0.15) is 23.3 Å². The molecule has 1 aliphatic carbocycles. The number of pyridine rings is 1. The first-order chi connectivity index (χ1) is 6.66. The van der Waals surface area contributed by atoms with Crippen LogP contribution in [0.4, 0.5) is 4.39 Å². The number of nitrogens with zero attached hydrogens (tertiary/aromatic N) is 1. The van der Waals surface area contributed by atoms with Crippen LogP contribution in [-0.2, 0) is 0 Å². The minimum absolute atomic E-state index is 0.0255. The summed E-state index contributed by atoms with van der Waals surface area (Å²) < 4.78 is 18.3. The molecule has 1 heterocycles. The third-order valence-corrected chi connectivity index (χ3v) is 1.86. The van der Waals surface area contributed by atoms with E-state index in [9.17, 15) is 9.18 Å². The highest BCUT2D eigenvalue weighted by atomic mass is 19.1. The van der Waals surface area contributed by atoms with Gasteiger partial charge in [0.1, 0.15) is 0 Å². The Hall–Kier alpha value is -1.65. The van der Waals surface area contributed by atoms with Crippen LogP contribution in [0.5, 0.6) is 5.75 Å². The van der Waals surface area contributed by atoms with Crippen LogP contribution >= 0.6 is 0 Å². The summed E-state index contributed by atoms with van der Waals surface area (Å²) >= 11 is 0. The van der Waals surface area contributed by atoms with Gasteiger partial charge in [0.2, 0.25) is 0 Å². The third-order valence-electron chi connectivity index (χ3n) is 1.86. The van der Waals surface area contributed by atoms with Gasteiger partial charge in [0, 0.05) is 6.07 Å². The number of carbonyl (C=O) groups is 1. The van der Waals surface area contributed by atoms with Crippen LogP contribution in [0.15, 0.2) is 12.3 Å². The Labute approximate surface area is 79.3 Å². The molecule has 0 unspecified atom stereocenters. The molecule has 0 amide bonds. The molecule has 2 rings (SSSR count). The van der Waals surface area contributed by atoms with Gasteiger partial charge in [-0.05, 0) is 12.8 Å². The van der Waals surface area contributed by atoms with Gasteiger partial charge in [-0.1, -0.05) is 0 Å². The molecule has 1 aromatic rings. The Morgan fingerprint density at radius 3 is 2.86 bits per heavy atom. The molecular formula is C9H8FNO3. The Kier molecular flexibility index (Phi) is 2.07. The van der Waals surface area contributed by atoms with Crippen molar-refractivity contribution in [1.82, 2.24) is 4.98 Å². The molecule has 0 bridgehead atoms. The van der Waals surface area contributed by atoms with Crippen LogP contribution in [0.25, 0.3) is 0 Å². The SMILES string of the molecule is O=C(O)c1cc(F)c(OC2CC2)cn1. The molecule has 0 spiro atoms. The Morgan fingerprint density at radius 2 is 2.36 bits per heavy atom. The second-order valence-corrected chi connectivity index (χ2v) is 3.12. The molecule has 0 aromatic carbocycles. The van der Waals surface area contributed by atoms with Gasteiger partial charge in [-0.3, -0.25) is 0 Å². The van der Waals surface area contributed by atoms with E-state index in [4.69, 9.17) is 9.84 Å². The molecule has 14 heavy (non-hydrogen) atoms. The van der Waals surface area contributed by atoms with Crippen molar-refractivity contribution < 1.29 is 19.0 Å². The van der Waals surface area contributed by atoms with Crippen molar-refractivity contribution in [2.75, 3.05) is 0 Å². The lowest BCUT2D eigenvalue weighted by Gasteiger charge is -2.04. The van der Waals surface area contributed by atoms with Crippen molar-refractivity contribution in [1.29, 1.82) is 0 Å². The van der Waals surface area contributed by atoms with E-state index in [0.29, 0.717) is 0 Å². The first-order valence-electron chi connectivity index (χ1n) is 4.22. The van der Waals surface area contributed by atoms with Crippen LogP contribution in [0, 0.1) is 5.82 Å². The van der Waals surface area contributed by atoms with E-state index in [0.717, 1.165) is 25.1 Å². The molecule has 0 aliphatic heterocycles. The number of ether oxygens (including phenoxy) is 1. The molecule has 74 valence electrons. The van der Waals surface area contributed by atoms with Gasteiger partial charge >= 0.3 is 5.97 Å². The fourth-order valence-corrected chi connectivity index (χ4v) is 0.987. The van der Waals surface area contributed by atoms with Crippen molar-refractivity contribution >= 4 is 5.97 Å². The lowest BCUT2D eigenvalue weighted by molar-refractivity contribution is 0.0689.